The highest BCUT2D eigenvalue weighted by Gasteiger charge is 2.18. The number of rotatable bonds is 6. The number of aromatic nitrogens is 1. The van der Waals surface area contributed by atoms with E-state index in [-0.39, 0.29) is 0 Å². The molecule has 26 heavy (non-hydrogen) atoms. The zero-order chi connectivity index (χ0) is 18.0. The zero-order valence-corrected chi connectivity index (χ0v) is 16.5. The van der Waals surface area contributed by atoms with Gasteiger partial charge in [0.1, 0.15) is 0 Å². The molecule has 1 aliphatic carbocycles. The summed E-state index contributed by atoms with van der Waals surface area (Å²) in [6.45, 7) is 2.54. The van der Waals surface area contributed by atoms with Crippen molar-refractivity contribution in [2.75, 3.05) is 24.5 Å². The summed E-state index contributed by atoms with van der Waals surface area (Å²) in [7, 11) is -3.46. The van der Waals surface area contributed by atoms with Crippen molar-refractivity contribution in [3.05, 3.63) is 40.4 Å². The molecule has 2 aliphatic rings. The summed E-state index contributed by atoms with van der Waals surface area (Å²) in [6, 6.07) is 5.57. The first kappa shape index (κ1) is 17.9. The fraction of sp³-hybridized carbons (Fsp3) is 0.526. The number of nitrogens with zero attached hydrogens (tertiary/aromatic N) is 2. The van der Waals surface area contributed by atoms with Crippen molar-refractivity contribution in [1.29, 1.82) is 0 Å². The molecule has 0 unspecified atom stereocenters. The minimum Gasteiger partial charge on any atom is -0.348 e. The van der Waals surface area contributed by atoms with Crippen LogP contribution in [0.15, 0.2) is 28.5 Å². The zero-order valence-electron chi connectivity index (χ0n) is 14.9. The van der Waals surface area contributed by atoms with Crippen LogP contribution in [-0.2, 0) is 29.3 Å². The smallest absolute Gasteiger partial charge is 0.240 e. The molecule has 2 aromatic rings. The molecule has 0 bridgehead atoms. The maximum atomic E-state index is 12.6. The summed E-state index contributed by atoms with van der Waals surface area (Å²) in [6.07, 6.45) is 7.47. The van der Waals surface area contributed by atoms with Crippen molar-refractivity contribution in [2.24, 2.45) is 0 Å². The van der Waals surface area contributed by atoms with Crippen LogP contribution < -0.4 is 9.62 Å². The van der Waals surface area contributed by atoms with Crippen molar-refractivity contribution in [3.63, 3.8) is 0 Å². The van der Waals surface area contributed by atoms with Gasteiger partial charge in [0.2, 0.25) is 10.0 Å². The van der Waals surface area contributed by atoms with E-state index in [1.165, 1.54) is 30.4 Å². The minimum absolute atomic E-state index is 0.378. The molecular formula is C19H25N3O2S2. The number of aryl methyl sites for hydroxylation is 2. The van der Waals surface area contributed by atoms with E-state index in [4.69, 9.17) is 0 Å². The molecule has 2 heterocycles. The predicted octanol–water partition coefficient (Wildman–Crippen LogP) is 3.14. The molecule has 4 rings (SSSR count). The molecule has 140 valence electrons. The van der Waals surface area contributed by atoms with Gasteiger partial charge >= 0.3 is 0 Å². The minimum atomic E-state index is -3.46. The molecule has 1 aromatic carbocycles. The summed E-state index contributed by atoms with van der Waals surface area (Å²) in [5.74, 6) is 0. The first-order chi connectivity index (χ1) is 12.6. The molecule has 1 aliphatic heterocycles. The van der Waals surface area contributed by atoms with Gasteiger partial charge in [0.05, 0.1) is 10.6 Å². The topological polar surface area (TPSA) is 62.3 Å². The molecule has 1 fully saturated rings. The number of sulfonamides is 1. The molecule has 1 saturated heterocycles. The number of hydrogen-bond acceptors (Lipinski definition) is 5. The molecular weight excluding hydrogens is 366 g/mol. The first-order valence-corrected chi connectivity index (χ1v) is 11.8. The van der Waals surface area contributed by atoms with Gasteiger partial charge in [-0.25, -0.2) is 18.1 Å². The van der Waals surface area contributed by atoms with Gasteiger partial charge in [-0.3, -0.25) is 0 Å². The lowest BCUT2D eigenvalue weighted by molar-refractivity contribution is 0.580. The van der Waals surface area contributed by atoms with Crippen molar-refractivity contribution >= 4 is 26.5 Å². The lowest BCUT2D eigenvalue weighted by Crippen LogP contribution is -2.26. The monoisotopic (exact) mass is 391 g/mol. The summed E-state index contributed by atoms with van der Waals surface area (Å²) in [5, 5.41) is 3.11. The molecule has 0 atom stereocenters. The van der Waals surface area contributed by atoms with E-state index in [0.29, 0.717) is 17.9 Å². The molecule has 7 heteroatoms. The van der Waals surface area contributed by atoms with Gasteiger partial charge in [-0.15, -0.1) is 11.3 Å². The van der Waals surface area contributed by atoms with Crippen molar-refractivity contribution in [1.82, 2.24) is 9.71 Å². The van der Waals surface area contributed by atoms with Crippen LogP contribution in [-0.4, -0.2) is 33.0 Å². The van der Waals surface area contributed by atoms with Crippen molar-refractivity contribution in [3.8, 4) is 0 Å². The molecule has 1 N–H and O–H groups in total. The van der Waals surface area contributed by atoms with Gasteiger partial charge in [-0.2, -0.15) is 0 Å². The Balaban J connectivity index is 1.36. The highest BCUT2D eigenvalue weighted by Crippen LogP contribution is 2.25. The molecule has 0 saturated carbocycles. The van der Waals surface area contributed by atoms with Gasteiger partial charge in [-0.1, -0.05) is 6.07 Å². The van der Waals surface area contributed by atoms with Gasteiger partial charge in [0.15, 0.2) is 5.13 Å². The molecule has 5 nitrogen and oxygen atoms in total. The number of fused-ring (bicyclic) bond motifs is 1. The summed E-state index contributed by atoms with van der Waals surface area (Å²) < 4.78 is 27.9. The highest BCUT2D eigenvalue weighted by atomic mass is 32.2. The molecule has 0 radical (unpaired) electrons. The predicted molar refractivity (Wildman–Crippen MR) is 106 cm³/mol. The van der Waals surface area contributed by atoms with Crippen LogP contribution in [0.25, 0.3) is 0 Å². The van der Waals surface area contributed by atoms with Crippen LogP contribution in [0.1, 0.15) is 42.5 Å². The quantitative estimate of drug-likeness (QED) is 0.822. The average molecular weight is 392 g/mol. The molecule has 1 aromatic heterocycles. The summed E-state index contributed by atoms with van der Waals surface area (Å²) >= 11 is 1.65. The van der Waals surface area contributed by atoms with Crippen LogP contribution in [0.3, 0.4) is 0 Å². The van der Waals surface area contributed by atoms with E-state index >= 15 is 0 Å². The summed E-state index contributed by atoms with van der Waals surface area (Å²) in [4.78, 5) is 7.35. The number of nitrogens with one attached hydrogen (secondary N) is 1. The number of anilines is 1. The maximum absolute atomic E-state index is 12.6. The van der Waals surface area contributed by atoms with Gasteiger partial charge in [-0.05, 0) is 61.8 Å². The largest absolute Gasteiger partial charge is 0.348 e. The Kier molecular flexibility index (Phi) is 5.29. The van der Waals surface area contributed by atoms with Gasteiger partial charge in [0, 0.05) is 31.4 Å². The Bertz CT molecular complexity index is 871. The lowest BCUT2D eigenvalue weighted by Gasteiger charge is -2.16. The third-order valence-electron chi connectivity index (χ3n) is 5.22. The number of hydrogen-bond donors (Lipinski definition) is 1. The van der Waals surface area contributed by atoms with E-state index in [2.05, 4.69) is 14.6 Å². The second kappa shape index (κ2) is 7.66. The van der Waals surface area contributed by atoms with E-state index in [9.17, 15) is 8.42 Å². The van der Waals surface area contributed by atoms with Crippen LogP contribution in [0.2, 0.25) is 0 Å². The van der Waals surface area contributed by atoms with E-state index in [0.717, 1.165) is 43.2 Å². The molecule has 0 spiro atoms. The lowest BCUT2D eigenvalue weighted by atomic mass is 9.92. The van der Waals surface area contributed by atoms with E-state index in [1.54, 1.807) is 17.4 Å². The fourth-order valence-electron chi connectivity index (χ4n) is 3.74. The van der Waals surface area contributed by atoms with Crippen molar-refractivity contribution < 1.29 is 8.42 Å². The average Bonchev–Trinajstić information content (AvgIpc) is 3.32. The van der Waals surface area contributed by atoms with Gasteiger partial charge in [0.25, 0.3) is 0 Å². The third-order valence-corrected chi connectivity index (χ3v) is 7.63. The highest BCUT2D eigenvalue weighted by molar-refractivity contribution is 7.89. The summed E-state index contributed by atoms with van der Waals surface area (Å²) in [5.41, 5.74) is 3.45. The van der Waals surface area contributed by atoms with E-state index < -0.39 is 10.0 Å². The third kappa shape index (κ3) is 3.94. The van der Waals surface area contributed by atoms with Gasteiger partial charge < -0.3 is 4.90 Å². The standard InChI is InChI=1S/C19H25N3O2S2/c23-26(24,18-8-7-15-5-1-2-6-16(15)13-18)20-10-9-17-14-25-19(21-17)22-11-3-4-12-22/h7-8,13-14,20H,1-6,9-12H2. The number of benzene rings is 1. The second-order valence-corrected chi connectivity index (χ2v) is 9.70. The number of thiazole rings is 1. The van der Waals surface area contributed by atoms with Crippen LogP contribution >= 0.6 is 11.3 Å². The Hall–Kier alpha value is -1.44. The second-order valence-electron chi connectivity index (χ2n) is 7.10. The van der Waals surface area contributed by atoms with Crippen LogP contribution in [0, 0.1) is 0 Å². The fourth-order valence-corrected chi connectivity index (χ4v) is 5.73. The Labute approximate surface area is 159 Å². The Morgan fingerprint density at radius 2 is 1.85 bits per heavy atom. The molecule has 0 amide bonds. The Morgan fingerprint density at radius 1 is 1.08 bits per heavy atom. The normalized spacial score (nSPS) is 17.5. The first-order valence-electron chi connectivity index (χ1n) is 9.43. The van der Waals surface area contributed by atoms with Crippen LogP contribution in [0.5, 0.6) is 0 Å². The van der Waals surface area contributed by atoms with Crippen LogP contribution in [0.4, 0.5) is 5.13 Å². The van der Waals surface area contributed by atoms with Crippen molar-refractivity contribution in [2.45, 2.75) is 49.8 Å². The van der Waals surface area contributed by atoms with E-state index in [1.807, 2.05) is 17.5 Å². The Morgan fingerprint density at radius 3 is 2.65 bits per heavy atom. The maximum Gasteiger partial charge on any atom is 0.240 e. The SMILES string of the molecule is O=S(=O)(NCCc1csc(N2CCCC2)n1)c1ccc2c(c1)CCCC2.